The van der Waals surface area contributed by atoms with E-state index in [-0.39, 0.29) is 30.2 Å². The zero-order chi connectivity index (χ0) is 14.5. The standard InChI is InChI=1S/C14H18N2O4/c1-4-8-12-13(20-14(2,3)19-12)11(18-8)7-6-17-9(5-15)10(7)16/h6,8,11-13H,4,16H2,1-3H3/t8-,11?,12-,13+/m1/s1. The van der Waals surface area contributed by atoms with Crippen LogP contribution in [0.25, 0.3) is 0 Å². The second kappa shape index (κ2) is 4.48. The summed E-state index contributed by atoms with van der Waals surface area (Å²) in [5.41, 5.74) is 6.92. The molecule has 0 aromatic carbocycles. The monoisotopic (exact) mass is 278 g/mol. The van der Waals surface area contributed by atoms with Crippen molar-refractivity contribution in [2.45, 2.75) is 57.4 Å². The van der Waals surface area contributed by atoms with Gasteiger partial charge in [-0.15, -0.1) is 0 Å². The smallest absolute Gasteiger partial charge is 0.226 e. The van der Waals surface area contributed by atoms with Crippen LogP contribution in [-0.2, 0) is 14.2 Å². The summed E-state index contributed by atoms with van der Waals surface area (Å²) in [5.74, 6) is -0.528. The highest BCUT2D eigenvalue weighted by molar-refractivity contribution is 5.56. The van der Waals surface area contributed by atoms with E-state index in [0.29, 0.717) is 11.3 Å². The van der Waals surface area contributed by atoms with Crippen LogP contribution >= 0.6 is 0 Å². The fourth-order valence-corrected chi connectivity index (χ4v) is 2.95. The van der Waals surface area contributed by atoms with Crippen LogP contribution in [0.4, 0.5) is 5.69 Å². The Morgan fingerprint density at radius 2 is 2.05 bits per heavy atom. The molecule has 0 radical (unpaired) electrons. The molecule has 2 N–H and O–H groups in total. The molecule has 2 fully saturated rings. The molecule has 108 valence electrons. The molecule has 0 spiro atoms. The molecule has 6 nitrogen and oxygen atoms in total. The third kappa shape index (κ3) is 1.90. The van der Waals surface area contributed by atoms with Crippen molar-refractivity contribution in [3.05, 3.63) is 17.6 Å². The van der Waals surface area contributed by atoms with Gasteiger partial charge in [0.2, 0.25) is 5.76 Å². The lowest BCUT2D eigenvalue weighted by Crippen LogP contribution is -2.28. The molecule has 20 heavy (non-hydrogen) atoms. The second-order valence-corrected chi connectivity index (χ2v) is 5.61. The zero-order valence-electron chi connectivity index (χ0n) is 11.8. The Balaban J connectivity index is 1.94. The Kier molecular flexibility index (Phi) is 3.01. The summed E-state index contributed by atoms with van der Waals surface area (Å²) in [5, 5.41) is 8.92. The van der Waals surface area contributed by atoms with E-state index in [1.165, 1.54) is 6.26 Å². The van der Waals surface area contributed by atoms with Crippen LogP contribution in [0.1, 0.15) is 44.6 Å². The topological polar surface area (TPSA) is 90.6 Å². The van der Waals surface area contributed by atoms with Crippen molar-refractivity contribution in [3.63, 3.8) is 0 Å². The second-order valence-electron chi connectivity index (χ2n) is 5.61. The van der Waals surface area contributed by atoms with Crippen molar-refractivity contribution < 1.29 is 18.6 Å². The summed E-state index contributed by atoms with van der Waals surface area (Å²) >= 11 is 0. The highest BCUT2D eigenvalue weighted by Gasteiger charge is 2.55. The minimum Gasteiger partial charge on any atom is -0.451 e. The van der Waals surface area contributed by atoms with Crippen molar-refractivity contribution >= 4 is 5.69 Å². The lowest BCUT2D eigenvalue weighted by atomic mass is 10.0. The highest BCUT2D eigenvalue weighted by Crippen LogP contribution is 2.47. The van der Waals surface area contributed by atoms with Crippen LogP contribution in [0.5, 0.6) is 0 Å². The van der Waals surface area contributed by atoms with Crippen molar-refractivity contribution in [2.75, 3.05) is 5.73 Å². The van der Waals surface area contributed by atoms with Gasteiger partial charge >= 0.3 is 0 Å². The van der Waals surface area contributed by atoms with Gasteiger partial charge < -0.3 is 24.4 Å². The van der Waals surface area contributed by atoms with Gasteiger partial charge in [0, 0.05) is 5.56 Å². The van der Waals surface area contributed by atoms with Crippen LogP contribution < -0.4 is 5.73 Å². The van der Waals surface area contributed by atoms with E-state index in [9.17, 15) is 0 Å². The molecule has 1 aromatic heterocycles. The summed E-state index contributed by atoms with van der Waals surface area (Å²) in [4.78, 5) is 0. The Bertz CT molecular complexity index is 560. The molecular weight excluding hydrogens is 260 g/mol. The fourth-order valence-electron chi connectivity index (χ4n) is 2.95. The number of nitriles is 1. The van der Waals surface area contributed by atoms with Gasteiger partial charge in [-0.25, -0.2) is 0 Å². The molecular formula is C14H18N2O4. The average Bonchev–Trinajstić information content (AvgIpc) is 3.00. The van der Waals surface area contributed by atoms with Gasteiger partial charge in [0.05, 0.1) is 11.8 Å². The molecule has 0 saturated carbocycles. The first-order valence-electron chi connectivity index (χ1n) is 6.75. The molecule has 3 rings (SSSR count). The number of nitrogen functional groups attached to an aromatic ring is 1. The fraction of sp³-hybridized carbons (Fsp3) is 0.643. The quantitative estimate of drug-likeness (QED) is 0.890. The van der Waals surface area contributed by atoms with Crippen LogP contribution in [0.2, 0.25) is 0 Å². The molecule has 3 heterocycles. The zero-order valence-corrected chi connectivity index (χ0v) is 11.8. The van der Waals surface area contributed by atoms with E-state index in [4.69, 9.17) is 29.6 Å². The normalized spacial score (nSPS) is 34.9. The largest absolute Gasteiger partial charge is 0.451 e. The Hall–Kier alpha value is -1.55. The van der Waals surface area contributed by atoms with Crippen molar-refractivity contribution in [3.8, 4) is 6.07 Å². The number of furan rings is 1. The molecule has 6 heteroatoms. The van der Waals surface area contributed by atoms with E-state index < -0.39 is 5.79 Å². The maximum atomic E-state index is 8.92. The maximum absolute atomic E-state index is 8.92. The molecule has 0 bridgehead atoms. The third-order valence-electron chi connectivity index (χ3n) is 3.82. The minimum absolute atomic E-state index is 0.0494. The van der Waals surface area contributed by atoms with Crippen LogP contribution in [0.15, 0.2) is 10.7 Å². The van der Waals surface area contributed by atoms with Crippen molar-refractivity contribution in [2.24, 2.45) is 0 Å². The first-order valence-corrected chi connectivity index (χ1v) is 6.75. The Morgan fingerprint density at radius 1 is 1.35 bits per heavy atom. The molecule has 0 amide bonds. The number of hydrogen-bond donors (Lipinski definition) is 1. The Labute approximate surface area is 117 Å². The van der Waals surface area contributed by atoms with E-state index >= 15 is 0 Å². The van der Waals surface area contributed by atoms with Gasteiger partial charge in [0.25, 0.3) is 0 Å². The lowest BCUT2D eigenvalue weighted by molar-refractivity contribution is -0.187. The summed E-state index contributed by atoms with van der Waals surface area (Å²) in [7, 11) is 0. The van der Waals surface area contributed by atoms with Crippen LogP contribution in [-0.4, -0.2) is 24.1 Å². The number of hydrogen-bond acceptors (Lipinski definition) is 6. The molecule has 1 unspecified atom stereocenters. The molecule has 2 saturated heterocycles. The van der Waals surface area contributed by atoms with Crippen molar-refractivity contribution in [1.82, 2.24) is 0 Å². The number of nitrogens with two attached hydrogens (primary N) is 1. The van der Waals surface area contributed by atoms with Gasteiger partial charge in [-0.1, -0.05) is 6.92 Å². The SMILES string of the molecule is CC[C@H]1OC(c2coc(C#N)c2N)[C@@H]2OC(C)(C)O[C@H]12. The number of nitrogens with zero attached hydrogens (tertiary/aromatic N) is 1. The van der Waals surface area contributed by atoms with E-state index in [1.54, 1.807) is 0 Å². The van der Waals surface area contributed by atoms with Crippen LogP contribution in [0.3, 0.4) is 0 Å². The van der Waals surface area contributed by atoms with Crippen molar-refractivity contribution in [1.29, 1.82) is 5.26 Å². The highest BCUT2D eigenvalue weighted by atomic mass is 16.8. The molecule has 2 aliphatic rings. The predicted molar refractivity (Wildman–Crippen MR) is 69.6 cm³/mol. The molecule has 0 aliphatic carbocycles. The van der Waals surface area contributed by atoms with Gasteiger partial charge in [-0.3, -0.25) is 0 Å². The average molecular weight is 278 g/mol. The van der Waals surface area contributed by atoms with Gasteiger partial charge in [-0.2, -0.15) is 5.26 Å². The number of fused-ring (bicyclic) bond motifs is 1. The van der Waals surface area contributed by atoms with Gasteiger partial charge in [-0.05, 0) is 20.3 Å². The number of rotatable bonds is 2. The number of anilines is 1. The van der Waals surface area contributed by atoms with E-state index in [2.05, 4.69) is 0 Å². The third-order valence-corrected chi connectivity index (χ3v) is 3.82. The predicted octanol–water partition coefficient (Wildman–Crippen LogP) is 2.10. The van der Waals surface area contributed by atoms with Crippen LogP contribution in [0, 0.1) is 11.3 Å². The van der Waals surface area contributed by atoms with E-state index in [0.717, 1.165) is 6.42 Å². The summed E-state index contributed by atoms with van der Waals surface area (Å²) in [6.07, 6.45) is 1.52. The summed E-state index contributed by atoms with van der Waals surface area (Å²) in [6, 6.07) is 1.92. The first kappa shape index (κ1) is 13.4. The minimum atomic E-state index is -0.638. The molecule has 4 atom stereocenters. The Morgan fingerprint density at radius 3 is 2.65 bits per heavy atom. The first-order chi connectivity index (χ1) is 9.46. The molecule has 1 aromatic rings. The lowest BCUT2D eigenvalue weighted by Gasteiger charge is -2.23. The van der Waals surface area contributed by atoms with Gasteiger partial charge in [0.15, 0.2) is 5.79 Å². The van der Waals surface area contributed by atoms with Gasteiger partial charge in [0.1, 0.15) is 30.6 Å². The maximum Gasteiger partial charge on any atom is 0.226 e. The molecule has 2 aliphatic heterocycles. The van der Waals surface area contributed by atoms with E-state index in [1.807, 2.05) is 26.8 Å². The summed E-state index contributed by atoms with van der Waals surface area (Å²) in [6.45, 7) is 5.81. The summed E-state index contributed by atoms with van der Waals surface area (Å²) < 4.78 is 23.0. The number of ether oxygens (including phenoxy) is 3.